The molecule has 1 aromatic carbocycles. The number of benzene rings is 1. The summed E-state index contributed by atoms with van der Waals surface area (Å²) < 4.78 is 5.03. The fourth-order valence-corrected chi connectivity index (χ4v) is 1.35. The lowest BCUT2D eigenvalue weighted by Gasteiger charge is -2.10. The third-order valence-corrected chi connectivity index (χ3v) is 2.13. The molecule has 0 atom stereocenters. The zero-order valence-electron chi connectivity index (χ0n) is 9.91. The van der Waals surface area contributed by atoms with Gasteiger partial charge in [0.25, 0.3) is 0 Å². The van der Waals surface area contributed by atoms with Crippen molar-refractivity contribution in [2.24, 2.45) is 5.92 Å². The molecule has 0 radical (unpaired) electrons. The second-order valence-electron chi connectivity index (χ2n) is 4.10. The Morgan fingerprint density at radius 1 is 1.50 bits per heavy atom. The van der Waals surface area contributed by atoms with E-state index in [1.807, 2.05) is 13.8 Å². The molecule has 3 N–H and O–H groups in total. The molecule has 0 fully saturated rings. The number of amides is 1. The number of hydrogen-bond acceptors (Lipinski definition) is 3. The highest BCUT2D eigenvalue weighted by Crippen LogP contribution is 2.24. The summed E-state index contributed by atoms with van der Waals surface area (Å²) >= 11 is 0. The van der Waals surface area contributed by atoms with Crippen LogP contribution in [0.5, 0.6) is 5.75 Å². The third kappa shape index (κ3) is 3.46. The number of nitrogens with one attached hydrogen (secondary N) is 1. The summed E-state index contributed by atoms with van der Waals surface area (Å²) in [6.07, 6.45) is 0.492. The largest absolute Gasteiger partial charge is 0.497 e. The Bertz CT molecular complexity index is 375. The number of ether oxygens (including phenoxy) is 1. The third-order valence-electron chi connectivity index (χ3n) is 2.13. The van der Waals surface area contributed by atoms with E-state index in [-0.39, 0.29) is 5.91 Å². The van der Waals surface area contributed by atoms with Gasteiger partial charge in [-0.3, -0.25) is 4.79 Å². The molecule has 0 unspecified atom stereocenters. The quantitative estimate of drug-likeness (QED) is 0.768. The van der Waals surface area contributed by atoms with Crippen LogP contribution in [0.15, 0.2) is 18.2 Å². The molecule has 1 aromatic rings. The second kappa shape index (κ2) is 5.39. The van der Waals surface area contributed by atoms with Crippen LogP contribution in [0.1, 0.15) is 20.3 Å². The van der Waals surface area contributed by atoms with Crippen molar-refractivity contribution < 1.29 is 9.53 Å². The Balaban J connectivity index is 2.70. The van der Waals surface area contributed by atoms with Crippen LogP contribution in [0.2, 0.25) is 0 Å². The number of hydrogen-bond donors (Lipinski definition) is 2. The lowest BCUT2D eigenvalue weighted by atomic mass is 10.1. The summed E-state index contributed by atoms with van der Waals surface area (Å²) in [5.41, 5.74) is 6.92. The fraction of sp³-hybridized carbons (Fsp3) is 0.417. The van der Waals surface area contributed by atoms with Gasteiger partial charge in [-0.1, -0.05) is 13.8 Å². The topological polar surface area (TPSA) is 64.3 Å². The molecular weight excluding hydrogens is 204 g/mol. The van der Waals surface area contributed by atoms with Crippen molar-refractivity contribution in [3.05, 3.63) is 18.2 Å². The maximum absolute atomic E-state index is 11.5. The summed E-state index contributed by atoms with van der Waals surface area (Å²) in [5, 5.41) is 2.77. The van der Waals surface area contributed by atoms with E-state index < -0.39 is 0 Å². The molecule has 4 heteroatoms. The first-order valence-corrected chi connectivity index (χ1v) is 5.26. The Morgan fingerprint density at radius 2 is 2.19 bits per heavy atom. The lowest BCUT2D eigenvalue weighted by Crippen LogP contribution is -2.14. The molecule has 1 rings (SSSR count). The van der Waals surface area contributed by atoms with Crippen molar-refractivity contribution in [2.45, 2.75) is 20.3 Å². The highest BCUT2D eigenvalue weighted by atomic mass is 16.5. The van der Waals surface area contributed by atoms with E-state index in [0.29, 0.717) is 29.5 Å². The summed E-state index contributed by atoms with van der Waals surface area (Å²) in [5.74, 6) is 0.991. The standard InChI is InChI=1S/C12H18N2O2/c1-8(2)6-12(15)14-11-5-4-9(16-3)7-10(11)13/h4-5,7-8H,6,13H2,1-3H3,(H,14,15). The summed E-state index contributed by atoms with van der Waals surface area (Å²) in [6, 6.07) is 5.19. The Morgan fingerprint density at radius 3 is 2.69 bits per heavy atom. The number of nitrogens with two attached hydrogens (primary N) is 1. The van der Waals surface area contributed by atoms with Crippen molar-refractivity contribution in [3.8, 4) is 5.75 Å². The molecule has 0 aliphatic carbocycles. The van der Waals surface area contributed by atoms with E-state index in [1.54, 1.807) is 25.3 Å². The van der Waals surface area contributed by atoms with Crippen LogP contribution in [-0.4, -0.2) is 13.0 Å². The first kappa shape index (κ1) is 12.4. The van der Waals surface area contributed by atoms with Crippen LogP contribution in [0.25, 0.3) is 0 Å². The van der Waals surface area contributed by atoms with Gasteiger partial charge in [0.1, 0.15) is 5.75 Å². The molecule has 16 heavy (non-hydrogen) atoms. The van der Waals surface area contributed by atoms with Gasteiger partial charge in [-0.05, 0) is 18.1 Å². The van der Waals surface area contributed by atoms with Crippen molar-refractivity contribution in [3.63, 3.8) is 0 Å². The van der Waals surface area contributed by atoms with Crippen molar-refractivity contribution in [1.82, 2.24) is 0 Å². The normalized spacial score (nSPS) is 10.2. The van der Waals surface area contributed by atoms with Crippen molar-refractivity contribution >= 4 is 17.3 Å². The van der Waals surface area contributed by atoms with Crippen LogP contribution in [-0.2, 0) is 4.79 Å². The van der Waals surface area contributed by atoms with Crippen molar-refractivity contribution in [1.29, 1.82) is 0 Å². The summed E-state index contributed by atoms with van der Waals surface area (Å²) in [7, 11) is 1.58. The van der Waals surface area contributed by atoms with Crippen molar-refractivity contribution in [2.75, 3.05) is 18.2 Å². The molecule has 4 nitrogen and oxygen atoms in total. The maximum Gasteiger partial charge on any atom is 0.224 e. The minimum atomic E-state index is -0.0214. The van der Waals surface area contributed by atoms with E-state index >= 15 is 0 Å². The van der Waals surface area contributed by atoms with Gasteiger partial charge in [-0.25, -0.2) is 0 Å². The zero-order chi connectivity index (χ0) is 12.1. The molecule has 0 heterocycles. The van der Waals surface area contributed by atoms with E-state index in [9.17, 15) is 4.79 Å². The molecule has 0 aliphatic heterocycles. The predicted molar refractivity (Wildman–Crippen MR) is 65.5 cm³/mol. The minimum Gasteiger partial charge on any atom is -0.497 e. The van der Waals surface area contributed by atoms with E-state index in [1.165, 1.54) is 0 Å². The number of anilines is 2. The number of carbonyl (C=O) groups is 1. The number of methoxy groups -OCH3 is 1. The lowest BCUT2D eigenvalue weighted by molar-refractivity contribution is -0.116. The van der Waals surface area contributed by atoms with Gasteiger partial charge >= 0.3 is 0 Å². The van der Waals surface area contributed by atoms with Crippen LogP contribution >= 0.6 is 0 Å². The molecule has 1 amide bonds. The number of rotatable bonds is 4. The SMILES string of the molecule is COc1ccc(NC(=O)CC(C)C)c(N)c1. The zero-order valence-corrected chi connectivity index (χ0v) is 9.91. The van der Waals surface area contributed by atoms with Gasteiger partial charge in [0.05, 0.1) is 18.5 Å². The fourth-order valence-electron chi connectivity index (χ4n) is 1.35. The predicted octanol–water partition coefficient (Wildman–Crippen LogP) is 2.26. The minimum absolute atomic E-state index is 0.0214. The molecule has 88 valence electrons. The smallest absolute Gasteiger partial charge is 0.224 e. The van der Waals surface area contributed by atoms with Crippen LogP contribution < -0.4 is 15.8 Å². The van der Waals surface area contributed by atoms with Gasteiger partial charge < -0.3 is 15.8 Å². The van der Waals surface area contributed by atoms with Crippen LogP contribution in [0.4, 0.5) is 11.4 Å². The van der Waals surface area contributed by atoms with Crippen LogP contribution in [0, 0.1) is 5.92 Å². The summed E-state index contributed by atoms with van der Waals surface area (Å²) in [4.78, 5) is 11.5. The summed E-state index contributed by atoms with van der Waals surface area (Å²) in [6.45, 7) is 3.99. The van der Waals surface area contributed by atoms with Gasteiger partial charge in [0, 0.05) is 12.5 Å². The van der Waals surface area contributed by atoms with Crippen LogP contribution in [0.3, 0.4) is 0 Å². The Labute approximate surface area is 95.8 Å². The molecule has 0 saturated heterocycles. The van der Waals surface area contributed by atoms with Gasteiger partial charge in [-0.15, -0.1) is 0 Å². The Kier molecular flexibility index (Phi) is 4.17. The molecule has 0 aromatic heterocycles. The van der Waals surface area contributed by atoms with E-state index in [4.69, 9.17) is 10.5 Å². The molecule has 0 bridgehead atoms. The van der Waals surface area contributed by atoms with Gasteiger partial charge in [0.2, 0.25) is 5.91 Å². The van der Waals surface area contributed by atoms with E-state index in [0.717, 1.165) is 0 Å². The average Bonchev–Trinajstić information content (AvgIpc) is 2.19. The maximum atomic E-state index is 11.5. The second-order valence-corrected chi connectivity index (χ2v) is 4.10. The van der Waals surface area contributed by atoms with Gasteiger partial charge in [0.15, 0.2) is 0 Å². The first-order chi connectivity index (χ1) is 7.52. The molecule has 0 spiro atoms. The molecule has 0 saturated carbocycles. The Hall–Kier alpha value is -1.71. The molecule has 0 aliphatic rings. The highest BCUT2D eigenvalue weighted by Gasteiger charge is 2.07. The monoisotopic (exact) mass is 222 g/mol. The first-order valence-electron chi connectivity index (χ1n) is 5.26. The van der Waals surface area contributed by atoms with E-state index in [2.05, 4.69) is 5.32 Å². The number of nitrogen functional groups attached to an aromatic ring is 1. The van der Waals surface area contributed by atoms with Gasteiger partial charge in [-0.2, -0.15) is 0 Å². The number of carbonyl (C=O) groups excluding carboxylic acids is 1. The average molecular weight is 222 g/mol. The highest BCUT2D eigenvalue weighted by molar-refractivity contribution is 5.94. The molecular formula is C12H18N2O2.